The molecule has 0 spiro atoms. The lowest BCUT2D eigenvalue weighted by Crippen LogP contribution is -2.34. The van der Waals surface area contributed by atoms with Crippen LogP contribution in [-0.4, -0.2) is 37.5 Å². The number of hydrogen-bond donors (Lipinski definition) is 2. The van der Waals surface area contributed by atoms with Crippen molar-refractivity contribution in [2.45, 2.75) is 13.0 Å². The molecule has 3 N–H and O–H groups in total. The lowest BCUT2D eigenvalue weighted by molar-refractivity contribution is -0.0818. The second kappa shape index (κ2) is 6.13. The Hall–Kier alpha value is -1.17. The maximum atomic E-state index is 5.63. The van der Waals surface area contributed by atoms with Crippen molar-refractivity contribution in [3.63, 3.8) is 0 Å². The SMILES string of the molecule is Cc1cc(NCC2COCCO2)ccc1C(N)=S. The Labute approximate surface area is 112 Å². The Kier molecular flexibility index (Phi) is 4.52. The van der Waals surface area contributed by atoms with Gasteiger partial charge in [-0.1, -0.05) is 12.2 Å². The number of nitrogens with one attached hydrogen (secondary N) is 1. The van der Waals surface area contributed by atoms with E-state index in [9.17, 15) is 0 Å². The summed E-state index contributed by atoms with van der Waals surface area (Å²) in [7, 11) is 0. The lowest BCUT2D eigenvalue weighted by atomic mass is 10.1. The highest BCUT2D eigenvalue weighted by Gasteiger charge is 2.13. The van der Waals surface area contributed by atoms with Crippen molar-refractivity contribution in [2.75, 3.05) is 31.7 Å². The molecule has 1 heterocycles. The van der Waals surface area contributed by atoms with Crippen molar-refractivity contribution < 1.29 is 9.47 Å². The molecule has 0 saturated carbocycles. The molecule has 0 aromatic heterocycles. The molecule has 5 heteroatoms. The molecule has 1 atom stereocenters. The highest BCUT2D eigenvalue weighted by molar-refractivity contribution is 7.80. The maximum Gasteiger partial charge on any atom is 0.104 e. The first-order valence-electron chi connectivity index (χ1n) is 6.00. The van der Waals surface area contributed by atoms with E-state index >= 15 is 0 Å². The lowest BCUT2D eigenvalue weighted by Gasteiger charge is -2.23. The Morgan fingerprint density at radius 2 is 2.33 bits per heavy atom. The van der Waals surface area contributed by atoms with Gasteiger partial charge < -0.3 is 20.5 Å². The number of thiocarbonyl (C=S) groups is 1. The Balaban J connectivity index is 1.93. The van der Waals surface area contributed by atoms with Gasteiger partial charge in [0.1, 0.15) is 4.99 Å². The zero-order chi connectivity index (χ0) is 13.0. The average Bonchev–Trinajstić information content (AvgIpc) is 2.37. The van der Waals surface area contributed by atoms with E-state index in [0.717, 1.165) is 23.4 Å². The maximum absolute atomic E-state index is 5.63. The molecule has 1 aromatic carbocycles. The first-order chi connectivity index (χ1) is 8.66. The minimum Gasteiger partial charge on any atom is -0.389 e. The van der Waals surface area contributed by atoms with E-state index in [1.807, 2.05) is 25.1 Å². The van der Waals surface area contributed by atoms with E-state index in [1.165, 1.54) is 0 Å². The minimum absolute atomic E-state index is 0.120. The van der Waals surface area contributed by atoms with Gasteiger partial charge in [-0.25, -0.2) is 0 Å². The highest BCUT2D eigenvalue weighted by atomic mass is 32.1. The molecule has 4 nitrogen and oxygen atoms in total. The van der Waals surface area contributed by atoms with Crippen LogP contribution < -0.4 is 11.1 Å². The van der Waals surface area contributed by atoms with Gasteiger partial charge in [0.05, 0.1) is 25.9 Å². The normalized spacial score (nSPS) is 19.5. The standard InChI is InChI=1S/C13H18N2O2S/c1-9-6-10(2-3-12(9)13(14)18)15-7-11-8-16-4-5-17-11/h2-3,6,11,15H,4-5,7-8H2,1H3,(H2,14,18). The van der Waals surface area contributed by atoms with Crippen molar-refractivity contribution >= 4 is 22.9 Å². The zero-order valence-corrected chi connectivity index (χ0v) is 11.3. The fourth-order valence-electron chi connectivity index (χ4n) is 1.94. The summed E-state index contributed by atoms with van der Waals surface area (Å²) in [5.74, 6) is 0. The van der Waals surface area contributed by atoms with Crippen molar-refractivity contribution in [3.05, 3.63) is 29.3 Å². The fourth-order valence-corrected chi connectivity index (χ4v) is 2.17. The van der Waals surface area contributed by atoms with Crippen LogP contribution in [0.3, 0.4) is 0 Å². The van der Waals surface area contributed by atoms with E-state index in [1.54, 1.807) is 0 Å². The second-order valence-electron chi connectivity index (χ2n) is 4.34. The van der Waals surface area contributed by atoms with Crippen LogP contribution in [0, 0.1) is 6.92 Å². The van der Waals surface area contributed by atoms with Gasteiger partial charge in [0.15, 0.2) is 0 Å². The molecule has 18 heavy (non-hydrogen) atoms. The smallest absolute Gasteiger partial charge is 0.104 e. The molecule has 98 valence electrons. The van der Waals surface area contributed by atoms with Crippen LogP contribution in [0.4, 0.5) is 5.69 Å². The van der Waals surface area contributed by atoms with E-state index < -0.39 is 0 Å². The van der Waals surface area contributed by atoms with Crippen LogP contribution in [-0.2, 0) is 9.47 Å². The molecule has 0 bridgehead atoms. The molecule has 0 amide bonds. The van der Waals surface area contributed by atoms with Crippen LogP contribution in [0.25, 0.3) is 0 Å². The third-order valence-electron chi connectivity index (χ3n) is 2.91. The molecule has 1 aliphatic rings. The number of anilines is 1. The van der Waals surface area contributed by atoms with Gasteiger partial charge in [0.25, 0.3) is 0 Å². The molecule has 1 unspecified atom stereocenters. The van der Waals surface area contributed by atoms with Crippen molar-refractivity contribution in [2.24, 2.45) is 5.73 Å². The summed E-state index contributed by atoms with van der Waals surface area (Å²) < 4.78 is 10.9. The molecule has 1 fully saturated rings. The predicted molar refractivity (Wildman–Crippen MR) is 76.1 cm³/mol. The van der Waals surface area contributed by atoms with E-state index in [2.05, 4.69) is 5.32 Å². The van der Waals surface area contributed by atoms with Crippen molar-refractivity contribution in [1.82, 2.24) is 0 Å². The molecule has 1 aromatic rings. The largest absolute Gasteiger partial charge is 0.389 e. The van der Waals surface area contributed by atoms with Crippen LogP contribution in [0.2, 0.25) is 0 Å². The third kappa shape index (κ3) is 3.41. The minimum atomic E-state index is 0.120. The molecular weight excluding hydrogens is 248 g/mol. The number of rotatable bonds is 4. The molecule has 0 aliphatic carbocycles. The quantitative estimate of drug-likeness (QED) is 0.808. The molecular formula is C13H18N2O2S. The van der Waals surface area contributed by atoms with Crippen molar-refractivity contribution in [1.29, 1.82) is 0 Å². The van der Waals surface area contributed by atoms with Crippen LogP contribution in [0.1, 0.15) is 11.1 Å². The van der Waals surface area contributed by atoms with Gasteiger partial charge in [-0.05, 0) is 30.7 Å². The summed E-state index contributed by atoms with van der Waals surface area (Å²) >= 11 is 4.98. The molecule has 1 aliphatic heterocycles. The first-order valence-corrected chi connectivity index (χ1v) is 6.41. The molecule has 1 saturated heterocycles. The van der Waals surface area contributed by atoms with Crippen LogP contribution in [0.5, 0.6) is 0 Å². The zero-order valence-electron chi connectivity index (χ0n) is 10.4. The van der Waals surface area contributed by atoms with Gasteiger partial charge in [0, 0.05) is 17.8 Å². The molecule has 0 radical (unpaired) electrons. The fraction of sp³-hybridized carbons (Fsp3) is 0.462. The topological polar surface area (TPSA) is 56.5 Å². The number of aryl methyl sites for hydroxylation is 1. The molecule has 2 rings (SSSR count). The van der Waals surface area contributed by atoms with Gasteiger partial charge in [0.2, 0.25) is 0 Å². The first kappa shape index (κ1) is 13.3. The van der Waals surface area contributed by atoms with Gasteiger partial charge >= 0.3 is 0 Å². The summed E-state index contributed by atoms with van der Waals surface area (Å²) in [5.41, 5.74) is 8.67. The summed E-state index contributed by atoms with van der Waals surface area (Å²) in [6.45, 7) is 4.76. The van der Waals surface area contributed by atoms with Crippen LogP contribution >= 0.6 is 12.2 Å². The van der Waals surface area contributed by atoms with Crippen molar-refractivity contribution in [3.8, 4) is 0 Å². The summed E-state index contributed by atoms with van der Waals surface area (Å²) in [4.78, 5) is 0.433. The number of nitrogens with two attached hydrogens (primary N) is 1. The third-order valence-corrected chi connectivity index (χ3v) is 3.13. The van der Waals surface area contributed by atoms with Gasteiger partial charge in [-0.3, -0.25) is 0 Å². The number of benzene rings is 1. The van der Waals surface area contributed by atoms with Crippen LogP contribution in [0.15, 0.2) is 18.2 Å². The number of hydrogen-bond acceptors (Lipinski definition) is 4. The Bertz CT molecular complexity index is 431. The van der Waals surface area contributed by atoms with E-state index in [0.29, 0.717) is 24.8 Å². The van der Waals surface area contributed by atoms with E-state index in [4.69, 9.17) is 27.4 Å². The van der Waals surface area contributed by atoms with E-state index in [-0.39, 0.29) is 6.10 Å². The Morgan fingerprint density at radius 3 is 2.94 bits per heavy atom. The second-order valence-corrected chi connectivity index (χ2v) is 4.78. The highest BCUT2D eigenvalue weighted by Crippen LogP contribution is 2.15. The number of ether oxygens (including phenoxy) is 2. The van der Waals surface area contributed by atoms with Gasteiger partial charge in [-0.15, -0.1) is 0 Å². The average molecular weight is 266 g/mol. The summed E-state index contributed by atoms with van der Waals surface area (Å²) in [6.07, 6.45) is 0.120. The predicted octanol–water partition coefficient (Wildman–Crippen LogP) is 1.46. The summed E-state index contributed by atoms with van der Waals surface area (Å²) in [5, 5.41) is 3.33. The Morgan fingerprint density at radius 1 is 1.50 bits per heavy atom. The van der Waals surface area contributed by atoms with Gasteiger partial charge in [-0.2, -0.15) is 0 Å². The monoisotopic (exact) mass is 266 g/mol. The summed E-state index contributed by atoms with van der Waals surface area (Å²) in [6, 6.07) is 5.96.